The summed E-state index contributed by atoms with van der Waals surface area (Å²) in [5.41, 5.74) is 2.81. The molecule has 0 saturated carbocycles. The first-order valence-electron chi connectivity index (χ1n) is 5.97. The smallest absolute Gasteiger partial charge is 0.123 e. The van der Waals surface area contributed by atoms with E-state index in [4.69, 9.17) is 4.74 Å². The fourth-order valence-corrected chi connectivity index (χ4v) is 2.40. The summed E-state index contributed by atoms with van der Waals surface area (Å²) in [5.74, 6) is 1.11. The molecule has 0 bridgehead atoms. The van der Waals surface area contributed by atoms with E-state index in [1.54, 1.807) is 0 Å². The predicted octanol–water partition coefficient (Wildman–Crippen LogP) is 3.88. The number of hydrogen-bond donors (Lipinski definition) is 0. The van der Waals surface area contributed by atoms with E-state index in [-0.39, 0.29) is 5.60 Å². The van der Waals surface area contributed by atoms with Crippen LogP contribution in [0.15, 0.2) is 18.2 Å². The predicted molar refractivity (Wildman–Crippen MR) is 63.4 cm³/mol. The van der Waals surface area contributed by atoms with Crippen LogP contribution in [-0.4, -0.2) is 5.60 Å². The summed E-state index contributed by atoms with van der Waals surface area (Å²) in [6.45, 7) is 6.59. The third kappa shape index (κ3) is 1.88. The van der Waals surface area contributed by atoms with Gasteiger partial charge in [0.25, 0.3) is 0 Å². The molecule has 0 atom stereocenters. The summed E-state index contributed by atoms with van der Waals surface area (Å²) in [6.07, 6.45) is 4.54. The Morgan fingerprint density at radius 3 is 2.67 bits per heavy atom. The molecule has 15 heavy (non-hydrogen) atoms. The van der Waals surface area contributed by atoms with Gasteiger partial charge in [-0.15, -0.1) is 0 Å². The average Bonchev–Trinajstić information content (AvgIpc) is 2.28. The topological polar surface area (TPSA) is 9.23 Å². The molecule has 2 rings (SSSR count). The lowest BCUT2D eigenvalue weighted by Crippen LogP contribution is -2.38. The third-order valence-corrected chi connectivity index (χ3v) is 3.68. The molecule has 1 aromatic rings. The van der Waals surface area contributed by atoms with Gasteiger partial charge in [0.2, 0.25) is 0 Å². The minimum absolute atomic E-state index is 0.0995. The van der Waals surface area contributed by atoms with E-state index in [9.17, 15) is 0 Å². The molecule has 0 aliphatic carbocycles. The van der Waals surface area contributed by atoms with Crippen molar-refractivity contribution >= 4 is 0 Å². The minimum Gasteiger partial charge on any atom is -0.487 e. The molecule has 0 aromatic heterocycles. The van der Waals surface area contributed by atoms with Crippen LogP contribution >= 0.6 is 0 Å². The largest absolute Gasteiger partial charge is 0.487 e. The van der Waals surface area contributed by atoms with Gasteiger partial charge in [0.15, 0.2) is 0 Å². The van der Waals surface area contributed by atoms with Crippen molar-refractivity contribution < 1.29 is 4.74 Å². The molecule has 0 amide bonds. The van der Waals surface area contributed by atoms with Gasteiger partial charge >= 0.3 is 0 Å². The maximum Gasteiger partial charge on any atom is 0.123 e. The van der Waals surface area contributed by atoms with Crippen molar-refractivity contribution in [2.75, 3.05) is 0 Å². The van der Waals surface area contributed by atoms with Crippen molar-refractivity contribution in [3.05, 3.63) is 29.3 Å². The second-order valence-electron chi connectivity index (χ2n) is 4.60. The minimum atomic E-state index is 0.0995. The Balaban J connectivity index is 2.30. The van der Waals surface area contributed by atoms with Crippen LogP contribution in [0, 0.1) is 6.92 Å². The zero-order valence-corrected chi connectivity index (χ0v) is 9.97. The standard InChI is InChI=1S/C14H20O/c1-4-14(5-2)9-8-12-10-11(3)6-7-13(12)15-14/h6-7,10H,4-5,8-9H2,1-3H3. The number of rotatable bonds is 2. The Morgan fingerprint density at radius 1 is 1.27 bits per heavy atom. The monoisotopic (exact) mass is 204 g/mol. The number of aryl methyl sites for hydroxylation is 2. The first-order chi connectivity index (χ1) is 7.19. The number of benzene rings is 1. The van der Waals surface area contributed by atoms with E-state index in [1.165, 1.54) is 17.5 Å². The van der Waals surface area contributed by atoms with Gasteiger partial charge < -0.3 is 4.74 Å². The summed E-state index contributed by atoms with van der Waals surface area (Å²) in [5, 5.41) is 0. The number of hydrogen-bond acceptors (Lipinski definition) is 1. The van der Waals surface area contributed by atoms with E-state index in [0.29, 0.717) is 0 Å². The van der Waals surface area contributed by atoms with Gasteiger partial charge in [-0.3, -0.25) is 0 Å². The maximum absolute atomic E-state index is 6.17. The van der Waals surface area contributed by atoms with E-state index in [0.717, 1.165) is 25.0 Å². The molecular formula is C14H20O. The number of ether oxygens (including phenoxy) is 1. The van der Waals surface area contributed by atoms with Gasteiger partial charge in [0.1, 0.15) is 11.4 Å². The molecule has 0 N–H and O–H groups in total. The van der Waals surface area contributed by atoms with Gasteiger partial charge in [-0.25, -0.2) is 0 Å². The van der Waals surface area contributed by atoms with Crippen LogP contribution in [0.2, 0.25) is 0 Å². The van der Waals surface area contributed by atoms with Crippen LogP contribution in [0.5, 0.6) is 5.75 Å². The Labute approximate surface area is 92.5 Å². The Morgan fingerprint density at radius 2 is 2.00 bits per heavy atom. The zero-order valence-electron chi connectivity index (χ0n) is 9.97. The second-order valence-corrected chi connectivity index (χ2v) is 4.60. The molecule has 0 saturated heterocycles. The fourth-order valence-electron chi connectivity index (χ4n) is 2.40. The first kappa shape index (κ1) is 10.5. The van der Waals surface area contributed by atoms with Gasteiger partial charge in [-0.1, -0.05) is 31.5 Å². The van der Waals surface area contributed by atoms with Crippen molar-refractivity contribution in [3.8, 4) is 5.75 Å². The summed E-state index contributed by atoms with van der Waals surface area (Å²) in [7, 11) is 0. The lowest BCUT2D eigenvalue weighted by Gasteiger charge is -2.37. The lowest BCUT2D eigenvalue weighted by atomic mass is 9.86. The van der Waals surface area contributed by atoms with E-state index < -0.39 is 0 Å². The molecule has 0 spiro atoms. The molecule has 0 fully saturated rings. The fraction of sp³-hybridized carbons (Fsp3) is 0.571. The molecular weight excluding hydrogens is 184 g/mol. The highest BCUT2D eigenvalue weighted by Gasteiger charge is 2.32. The summed E-state index contributed by atoms with van der Waals surface area (Å²) >= 11 is 0. The second kappa shape index (κ2) is 3.88. The zero-order chi connectivity index (χ0) is 10.9. The quantitative estimate of drug-likeness (QED) is 0.710. The van der Waals surface area contributed by atoms with Crippen LogP contribution in [0.1, 0.15) is 44.2 Å². The molecule has 82 valence electrons. The van der Waals surface area contributed by atoms with E-state index in [2.05, 4.69) is 39.0 Å². The van der Waals surface area contributed by atoms with Crippen molar-refractivity contribution in [2.24, 2.45) is 0 Å². The first-order valence-corrected chi connectivity index (χ1v) is 5.97. The molecule has 1 aliphatic rings. The van der Waals surface area contributed by atoms with Crippen LogP contribution in [0.3, 0.4) is 0 Å². The molecule has 1 aromatic carbocycles. The van der Waals surface area contributed by atoms with Gasteiger partial charge in [0, 0.05) is 0 Å². The van der Waals surface area contributed by atoms with Crippen molar-refractivity contribution in [2.45, 2.75) is 52.1 Å². The average molecular weight is 204 g/mol. The Bertz CT molecular complexity index is 350. The van der Waals surface area contributed by atoms with Crippen molar-refractivity contribution in [3.63, 3.8) is 0 Å². The van der Waals surface area contributed by atoms with Crippen LogP contribution in [-0.2, 0) is 6.42 Å². The van der Waals surface area contributed by atoms with Crippen LogP contribution in [0.25, 0.3) is 0 Å². The van der Waals surface area contributed by atoms with Crippen molar-refractivity contribution in [1.82, 2.24) is 0 Å². The number of fused-ring (bicyclic) bond motifs is 1. The third-order valence-electron chi connectivity index (χ3n) is 3.68. The van der Waals surface area contributed by atoms with Gasteiger partial charge in [0.05, 0.1) is 0 Å². The van der Waals surface area contributed by atoms with Gasteiger partial charge in [-0.2, -0.15) is 0 Å². The highest BCUT2D eigenvalue weighted by molar-refractivity contribution is 5.39. The lowest BCUT2D eigenvalue weighted by molar-refractivity contribution is 0.0383. The molecule has 0 radical (unpaired) electrons. The Kier molecular flexibility index (Phi) is 2.72. The van der Waals surface area contributed by atoms with Gasteiger partial charge in [-0.05, 0) is 44.2 Å². The molecule has 1 heterocycles. The Hall–Kier alpha value is -0.980. The highest BCUT2D eigenvalue weighted by atomic mass is 16.5. The van der Waals surface area contributed by atoms with E-state index in [1.807, 2.05) is 0 Å². The van der Waals surface area contributed by atoms with Crippen molar-refractivity contribution in [1.29, 1.82) is 0 Å². The molecule has 1 heteroatoms. The highest BCUT2D eigenvalue weighted by Crippen LogP contribution is 2.37. The molecule has 1 aliphatic heterocycles. The summed E-state index contributed by atoms with van der Waals surface area (Å²) in [6, 6.07) is 6.52. The maximum atomic E-state index is 6.17. The molecule has 0 unspecified atom stereocenters. The normalized spacial score (nSPS) is 18.1. The summed E-state index contributed by atoms with van der Waals surface area (Å²) < 4.78 is 6.17. The molecule has 1 nitrogen and oxygen atoms in total. The SMILES string of the molecule is CCC1(CC)CCc2cc(C)ccc2O1. The van der Waals surface area contributed by atoms with Crippen LogP contribution in [0.4, 0.5) is 0 Å². The van der Waals surface area contributed by atoms with Crippen LogP contribution < -0.4 is 4.74 Å². The summed E-state index contributed by atoms with van der Waals surface area (Å²) in [4.78, 5) is 0. The van der Waals surface area contributed by atoms with E-state index >= 15 is 0 Å².